The number of aryl methyl sites for hydroxylation is 1. The molecule has 0 atom stereocenters. The van der Waals surface area contributed by atoms with Gasteiger partial charge in [0.1, 0.15) is 27.3 Å². The largest absolute Gasteiger partial charge is 0.460 e. The van der Waals surface area contributed by atoms with Gasteiger partial charge in [-0.2, -0.15) is 9.59 Å². The lowest BCUT2D eigenvalue weighted by molar-refractivity contribution is -0.191. The highest BCUT2D eigenvalue weighted by Crippen LogP contribution is 2.22. The highest BCUT2D eigenvalue weighted by atomic mass is 35.5. The summed E-state index contributed by atoms with van der Waals surface area (Å²) in [7, 11) is 0. The third kappa shape index (κ3) is 16.1. The predicted molar refractivity (Wildman–Crippen MR) is 134 cm³/mol. The number of halogens is 2. The van der Waals surface area contributed by atoms with E-state index in [-0.39, 0.29) is 42.3 Å². The molecule has 37 heavy (non-hydrogen) atoms. The van der Waals surface area contributed by atoms with Crippen LogP contribution < -0.4 is 4.74 Å². The number of ether oxygens (including phenoxy) is 3. The van der Waals surface area contributed by atoms with Gasteiger partial charge in [0.05, 0.1) is 12.8 Å². The summed E-state index contributed by atoms with van der Waals surface area (Å²) in [5, 5.41) is 0.616. The predicted octanol–water partition coefficient (Wildman–Crippen LogP) is 4.50. The monoisotopic (exact) mass is 556 g/mol. The fraction of sp³-hybridized carbons (Fsp3) is 0.440. The molecule has 0 spiro atoms. The zero-order valence-electron chi connectivity index (χ0n) is 21.7. The Bertz CT molecular complexity index is 1100. The van der Waals surface area contributed by atoms with Gasteiger partial charge in [0.25, 0.3) is 6.47 Å². The van der Waals surface area contributed by atoms with Crippen LogP contribution in [0.25, 0.3) is 0 Å². The van der Waals surface area contributed by atoms with Crippen LogP contribution in [0.15, 0.2) is 24.5 Å². The smallest absolute Gasteiger partial charge is 0.373 e. The number of rotatable bonds is 6. The molecule has 0 aliphatic carbocycles. The third-order valence-electron chi connectivity index (χ3n) is 3.78. The van der Waals surface area contributed by atoms with Gasteiger partial charge in [-0.25, -0.2) is 9.97 Å². The van der Waals surface area contributed by atoms with Crippen molar-refractivity contribution in [3.8, 4) is 5.75 Å². The van der Waals surface area contributed by atoms with E-state index >= 15 is 0 Å². The van der Waals surface area contributed by atoms with Gasteiger partial charge in [-0.15, -0.1) is 0 Å². The Morgan fingerprint density at radius 3 is 1.68 bits per heavy atom. The number of carbonyl (C=O) groups is 3. The maximum atomic E-state index is 11.6. The van der Waals surface area contributed by atoms with Crippen molar-refractivity contribution in [1.29, 1.82) is 0 Å². The molecule has 2 aromatic rings. The standard InChI is InChI=1S/C12H14ClNO4.C12H16ClNO2.CO2/c1-12(2,3)18-11(16)4-8-6-14-10(13)5-9(8)17-7-15;1-8-5-10(13)14-7-9(8)6-11(15)16-12(2,3)4;2-1-3/h5-7H,4H2,1-3H3;5,7H,6H2,1-4H3;. The molecule has 0 bridgehead atoms. The van der Waals surface area contributed by atoms with Gasteiger partial charge < -0.3 is 14.2 Å². The van der Waals surface area contributed by atoms with E-state index in [1.165, 1.54) is 12.3 Å². The molecule has 12 heteroatoms. The average molecular weight is 557 g/mol. The summed E-state index contributed by atoms with van der Waals surface area (Å²) in [4.78, 5) is 57.6. The molecular formula is C25H30Cl2N2O8. The minimum absolute atomic E-state index is 0.0371. The Hall–Kier alpha value is -3.33. The summed E-state index contributed by atoms with van der Waals surface area (Å²) in [5.74, 6) is -0.474. The van der Waals surface area contributed by atoms with Gasteiger partial charge in [0.15, 0.2) is 0 Å². The quantitative estimate of drug-likeness (QED) is 0.283. The van der Waals surface area contributed by atoms with Crippen molar-refractivity contribution in [2.45, 2.75) is 72.5 Å². The number of hydrogen-bond acceptors (Lipinski definition) is 10. The van der Waals surface area contributed by atoms with Gasteiger partial charge in [0, 0.05) is 24.0 Å². The van der Waals surface area contributed by atoms with Crippen molar-refractivity contribution in [2.24, 2.45) is 0 Å². The number of carbonyl (C=O) groups excluding carboxylic acids is 5. The second kappa shape index (κ2) is 15.7. The first-order valence-electron chi connectivity index (χ1n) is 10.8. The van der Waals surface area contributed by atoms with Crippen LogP contribution in [0.5, 0.6) is 5.75 Å². The molecule has 0 amide bonds. The minimum atomic E-state index is -0.567. The number of pyridine rings is 2. The minimum Gasteiger partial charge on any atom is -0.460 e. The van der Waals surface area contributed by atoms with E-state index in [9.17, 15) is 14.4 Å². The van der Waals surface area contributed by atoms with Gasteiger partial charge >= 0.3 is 18.1 Å². The highest BCUT2D eigenvalue weighted by molar-refractivity contribution is 6.29. The molecule has 202 valence electrons. The Morgan fingerprint density at radius 2 is 1.27 bits per heavy atom. The van der Waals surface area contributed by atoms with E-state index in [1.54, 1.807) is 33.0 Å². The molecule has 2 heterocycles. The molecular weight excluding hydrogens is 527 g/mol. The summed E-state index contributed by atoms with van der Waals surface area (Å²) >= 11 is 11.4. The first kappa shape index (κ1) is 33.7. The lowest BCUT2D eigenvalue weighted by atomic mass is 10.1. The summed E-state index contributed by atoms with van der Waals surface area (Å²) in [6, 6.07) is 3.11. The van der Waals surface area contributed by atoms with Crippen molar-refractivity contribution in [3.05, 3.63) is 51.5 Å². The normalized spacial score (nSPS) is 10.4. The Morgan fingerprint density at radius 1 is 0.865 bits per heavy atom. The maximum absolute atomic E-state index is 11.6. The topological polar surface area (TPSA) is 139 Å². The average Bonchev–Trinajstić information content (AvgIpc) is 2.71. The van der Waals surface area contributed by atoms with E-state index in [4.69, 9.17) is 47.0 Å². The molecule has 0 unspecified atom stereocenters. The van der Waals surface area contributed by atoms with Crippen molar-refractivity contribution < 1.29 is 38.2 Å². The zero-order valence-corrected chi connectivity index (χ0v) is 23.2. The van der Waals surface area contributed by atoms with Crippen LogP contribution in [0, 0.1) is 6.92 Å². The summed E-state index contributed by atoms with van der Waals surface area (Å²) < 4.78 is 15.1. The van der Waals surface area contributed by atoms with E-state index in [0.29, 0.717) is 10.7 Å². The van der Waals surface area contributed by atoms with E-state index < -0.39 is 17.2 Å². The molecule has 0 saturated carbocycles. The van der Waals surface area contributed by atoms with Crippen LogP contribution >= 0.6 is 23.2 Å². The van der Waals surface area contributed by atoms with E-state index in [0.717, 1.165) is 11.1 Å². The molecule has 0 aliphatic heterocycles. The molecule has 0 fully saturated rings. The highest BCUT2D eigenvalue weighted by Gasteiger charge is 2.19. The Kier molecular flexibility index (Phi) is 14.3. The lowest BCUT2D eigenvalue weighted by Crippen LogP contribution is -2.25. The Labute approximate surface area is 225 Å². The molecule has 0 aromatic carbocycles. The number of aromatic nitrogens is 2. The number of nitrogens with zero attached hydrogens (tertiary/aromatic N) is 2. The van der Waals surface area contributed by atoms with E-state index in [1.807, 2.05) is 27.7 Å². The van der Waals surface area contributed by atoms with Gasteiger partial charge in [-0.3, -0.25) is 14.4 Å². The molecule has 0 radical (unpaired) electrons. The fourth-order valence-corrected chi connectivity index (χ4v) is 2.90. The maximum Gasteiger partial charge on any atom is 0.373 e. The van der Waals surface area contributed by atoms with Gasteiger partial charge in [0.2, 0.25) is 0 Å². The van der Waals surface area contributed by atoms with Crippen LogP contribution in [-0.4, -0.2) is 45.7 Å². The second-order valence-electron chi connectivity index (χ2n) is 9.37. The molecule has 0 N–H and O–H groups in total. The van der Waals surface area contributed by atoms with Crippen molar-refractivity contribution in [2.75, 3.05) is 0 Å². The van der Waals surface area contributed by atoms with Crippen molar-refractivity contribution in [1.82, 2.24) is 9.97 Å². The summed E-state index contributed by atoms with van der Waals surface area (Å²) in [5.41, 5.74) is 1.22. The van der Waals surface area contributed by atoms with Crippen molar-refractivity contribution >= 4 is 47.8 Å². The van der Waals surface area contributed by atoms with E-state index in [2.05, 4.69) is 9.97 Å². The lowest BCUT2D eigenvalue weighted by Gasteiger charge is -2.19. The SMILES string of the molecule is CC(C)(C)OC(=O)Cc1cnc(Cl)cc1OC=O.Cc1cc(Cl)ncc1CC(=O)OC(C)(C)C.O=C=O. The van der Waals surface area contributed by atoms with Crippen LogP contribution in [0.3, 0.4) is 0 Å². The van der Waals surface area contributed by atoms with Crippen LogP contribution in [-0.2, 0) is 46.3 Å². The molecule has 2 rings (SSSR count). The van der Waals surface area contributed by atoms with Gasteiger partial charge in [-0.1, -0.05) is 23.2 Å². The summed E-state index contributed by atoms with van der Waals surface area (Å²) in [6.45, 7) is 13.0. The fourth-order valence-electron chi connectivity index (χ4n) is 2.54. The summed E-state index contributed by atoms with van der Waals surface area (Å²) in [6.07, 6.45) is 3.44. The third-order valence-corrected chi connectivity index (χ3v) is 4.19. The first-order chi connectivity index (χ1) is 17.0. The molecule has 0 saturated heterocycles. The second-order valence-corrected chi connectivity index (χ2v) is 10.1. The molecule has 10 nitrogen and oxygen atoms in total. The molecule has 0 aliphatic rings. The Balaban J connectivity index is 0.000000637. The van der Waals surface area contributed by atoms with Crippen molar-refractivity contribution in [3.63, 3.8) is 0 Å². The van der Waals surface area contributed by atoms with Gasteiger partial charge in [-0.05, 0) is 65.7 Å². The van der Waals surface area contributed by atoms with Crippen LogP contribution in [0.4, 0.5) is 0 Å². The number of hydrogen-bond donors (Lipinski definition) is 0. The molecule has 2 aromatic heterocycles. The first-order valence-corrected chi connectivity index (χ1v) is 11.6. The number of esters is 2. The van der Waals surface area contributed by atoms with Crippen LogP contribution in [0.1, 0.15) is 58.2 Å². The van der Waals surface area contributed by atoms with Crippen LogP contribution in [0.2, 0.25) is 10.3 Å². The zero-order chi connectivity index (χ0) is 28.8.